The monoisotopic (exact) mass is 361 g/mol. The highest BCUT2D eigenvalue weighted by Crippen LogP contribution is 2.17. The van der Waals surface area contributed by atoms with Gasteiger partial charge in [0.15, 0.2) is 9.84 Å². The van der Waals surface area contributed by atoms with Crippen molar-refractivity contribution in [3.63, 3.8) is 0 Å². The van der Waals surface area contributed by atoms with Crippen LogP contribution in [-0.4, -0.2) is 61.9 Å². The minimum atomic E-state index is -3.77. The van der Waals surface area contributed by atoms with Gasteiger partial charge in [0.1, 0.15) is 5.75 Å². The van der Waals surface area contributed by atoms with Gasteiger partial charge in [-0.1, -0.05) is 11.6 Å². The van der Waals surface area contributed by atoms with E-state index in [4.69, 9.17) is 21.4 Å². The number of carbonyl (C=O) groups is 2. The lowest BCUT2D eigenvalue weighted by Gasteiger charge is -2.32. The molecule has 1 aromatic carbocycles. The van der Waals surface area contributed by atoms with Crippen LogP contribution in [0.5, 0.6) is 0 Å². The topological polar surface area (TPSA) is 101 Å². The third-order valence-corrected chi connectivity index (χ3v) is 5.25. The maximum atomic E-state index is 12.2. The molecule has 0 radical (unpaired) electrons. The molecule has 0 bridgehead atoms. The van der Waals surface area contributed by atoms with Crippen molar-refractivity contribution in [2.24, 2.45) is 0 Å². The molecule has 1 saturated heterocycles. The number of hydrogen-bond donors (Lipinski definition) is 1. The van der Waals surface area contributed by atoms with E-state index in [1.807, 2.05) is 0 Å². The number of carboxylic acid groups (broad SMARTS) is 1. The summed E-state index contributed by atoms with van der Waals surface area (Å²) in [5, 5.41) is 9.16. The largest absolute Gasteiger partial charge is 0.481 e. The Morgan fingerprint density at radius 1 is 1.30 bits per heavy atom. The fraction of sp³-hybridized carbons (Fsp3) is 0.429. The zero-order valence-electron chi connectivity index (χ0n) is 12.1. The summed E-state index contributed by atoms with van der Waals surface area (Å²) in [6.07, 6.45) is -0.850. The van der Waals surface area contributed by atoms with Gasteiger partial charge in [0.25, 0.3) is 0 Å². The van der Waals surface area contributed by atoms with Crippen LogP contribution in [0.1, 0.15) is 6.42 Å². The first-order valence-corrected chi connectivity index (χ1v) is 8.90. The second kappa shape index (κ2) is 7.29. The van der Waals surface area contributed by atoms with Gasteiger partial charge in [-0.15, -0.1) is 0 Å². The molecule has 0 saturated carbocycles. The summed E-state index contributed by atoms with van der Waals surface area (Å²) >= 11 is 5.71. The van der Waals surface area contributed by atoms with E-state index in [0.29, 0.717) is 5.02 Å². The Balaban J connectivity index is 2.03. The molecule has 1 aromatic rings. The fourth-order valence-electron chi connectivity index (χ4n) is 2.24. The third-order valence-electron chi connectivity index (χ3n) is 3.38. The number of carboxylic acids is 1. The standard InChI is InChI=1S/C14H16ClNO6S/c15-10-1-3-12(4-2-10)23(20,21)9-13(17)16-5-6-22-11(8-16)7-14(18)19/h1-4,11H,5-9H2,(H,18,19)/t11-/m1/s1. The van der Waals surface area contributed by atoms with E-state index in [1.54, 1.807) is 0 Å². The lowest BCUT2D eigenvalue weighted by molar-refractivity contribution is -0.146. The highest BCUT2D eigenvalue weighted by atomic mass is 35.5. The summed E-state index contributed by atoms with van der Waals surface area (Å²) in [7, 11) is -3.77. The summed E-state index contributed by atoms with van der Waals surface area (Å²) in [5.74, 6) is -2.27. The quantitative estimate of drug-likeness (QED) is 0.833. The molecule has 1 atom stereocenters. The first-order valence-electron chi connectivity index (χ1n) is 6.87. The molecule has 23 heavy (non-hydrogen) atoms. The van der Waals surface area contributed by atoms with Gasteiger partial charge in [0.2, 0.25) is 5.91 Å². The lowest BCUT2D eigenvalue weighted by atomic mass is 10.2. The van der Waals surface area contributed by atoms with Crippen molar-refractivity contribution in [1.82, 2.24) is 4.90 Å². The highest BCUT2D eigenvalue weighted by molar-refractivity contribution is 7.92. The molecule has 1 heterocycles. The van der Waals surface area contributed by atoms with Gasteiger partial charge in [0.05, 0.1) is 24.0 Å². The third kappa shape index (κ3) is 4.92. The lowest BCUT2D eigenvalue weighted by Crippen LogP contribution is -2.48. The molecule has 1 fully saturated rings. The normalized spacial score (nSPS) is 18.7. The highest BCUT2D eigenvalue weighted by Gasteiger charge is 2.29. The number of hydrogen-bond acceptors (Lipinski definition) is 5. The first kappa shape index (κ1) is 17.7. The van der Waals surface area contributed by atoms with Crippen LogP contribution in [0.15, 0.2) is 29.2 Å². The summed E-state index contributed by atoms with van der Waals surface area (Å²) in [4.78, 5) is 24.2. The number of benzene rings is 1. The number of ether oxygens (including phenoxy) is 1. The number of nitrogens with zero attached hydrogens (tertiary/aromatic N) is 1. The number of halogens is 1. The van der Waals surface area contributed by atoms with Crippen molar-refractivity contribution in [3.8, 4) is 0 Å². The Morgan fingerprint density at radius 3 is 2.57 bits per heavy atom. The second-order valence-corrected chi connectivity index (χ2v) is 7.57. The molecule has 0 aromatic heterocycles. The van der Waals surface area contributed by atoms with Crippen molar-refractivity contribution >= 4 is 33.3 Å². The molecule has 1 N–H and O–H groups in total. The van der Waals surface area contributed by atoms with Crippen molar-refractivity contribution < 1.29 is 27.9 Å². The van der Waals surface area contributed by atoms with Crippen LogP contribution in [0.25, 0.3) is 0 Å². The zero-order valence-corrected chi connectivity index (χ0v) is 13.7. The number of aliphatic carboxylic acids is 1. The van der Waals surface area contributed by atoms with Gasteiger partial charge in [-0.05, 0) is 24.3 Å². The van der Waals surface area contributed by atoms with Crippen LogP contribution >= 0.6 is 11.6 Å². The van der Waals surface area contributed by atoms with E-state index >= 15 is 0 Å². The summed E-state index contributed by atoms with van der Waals surface area (Å²) in [6.45, 7) is 0.497. The molecule has 1 aliphatic heterocycles. The van der Waals surface area contributed by atoms with Crippen molar-refractivity contribution in [2.45, 2.75) is 17.4 Å². The molecule has 7 nitrogen and oxygen atoms in total. The summed E-state index contributed by atoms with van der Waals surface area (Å²) < 4.78 is 29.7. The van der Waals surface area contributed by atoms with Crippen LogP contribution in [0.2, 0.25) is 5.02 Å². The van der Waals surface area contributed by atoms with E-state index in [2.05, 4.69) is 0 Å². The molecular weight excluding hydrogens is 346 g/mol. The number of rotatable bonds is 5. The smallest absolute Gasteiger partial charge is 0.306 e. The molecule has 0 spiro atoms. The second-order valence-electron chi connectivity index (χ2n) is 5.14. The van der Waals surface area contributed by atoms with E-state index in [9.17, 15) is 18.0 Å². The van der Waals surface area contributed by atoms with Crippen LogP contribution in [-0.2, 0) is 24.2 Å². The molecule has 9 heteroatoms. The summed E-state index contributed by atoms with van der Waals surface area (Å²) in [5.41, 5.74) is 0. The number of sulfone groups is 1. The Morgan fingerprint density at radius 2 is 1.96 bits per heavy atom. The number of amides is 1. The summed E-state index contributed by atoms with van der Waals surface area (Å²) in [6, 6.07) is 5.57. The average Bonchev–Trinajstić information content (AvgIpc) is 2.47. The van der Waals surface area contributed by atoms with E-state index in [0.717, 1.165) is 0 Å². The molecular formula is C14H16ClNO6S. The Hall–Kier alpha value is -1.64. The van der Waals surface area contributed by atoms with Gasteiger partial charge in [-0.25, -0.2) is 8.42 Å². The van der Waals surface area contributed by atoms with Crippen molar-refractivity contribution in [2.75, 3.05) is 25.4 Å². The van der Waals surface area contributed by atoms with Crippen molar-refractivity contribution in [1.29, 1.82) is 0 Å². The first-order chi connectivity index (χ1) is 10.8. The van der Waals surface area contributed by atoms with Gasteiger partial charge in [-0.2, -0.15) is 0 Å². The Kier molecular flexibility index (Phi) is 5.61. The fourth-order valence-corrected chi connectivity index (χ4v) is 3.59. The predicted octanol–water partition coefficient (Wildman–Crippen LogP) is 0.816. The van der Waals surface area contributed by atoms with E-state index in [-0.39, 0.29) is 31.0 Å². The van der Waals surface area contributed by atoms with Crippen LogP contribution in [0.3, 0.4) is 0 Å². The Labute approximate surface area is 138 Å². The molecule has 126 valence electrons. The van der Waals surface area contributed by atoms with Gasteiger partial charge >= 0.3 is 5.97 Å². The van der Waals surface area contributed by atoms with Crippen LogP contribution in [0.4, 0.5) is 0 Å². The minimum Gasteiger partial charge on any atom is -0.481 e. The molecule has 1 aliphatic rings. The predicted molar refractivity (Wildman–Crippen MR) is 82.1 cm³/mol. The molecule has 0 aliphatic carbocycles. The van der Waals surface area contributed by atoms with Gasteiger partial charge < -0.3 is 14.7 Å². The number of carbonyl (C=O) groups excluding carboxylic acids is 1. The molecule has 0 unspecified atom stereocenters. The van der Waals surface area contributed by atoms with Crippen LogP contribution < -0.4 is 0 Å². The number of morpholine rings is 1. The van der Waals surface area contributed by atoms with Crippen molar-refractivity contribution in [3.05, 3.63) is 29.3 Å². The molecule has 1 amide bonds. The van der Waals surface area contributed by atoms with E-state index in [1.165, 1.54) is 29.2 Å². The average molecular weight is 362 g/mol. The maximum Gasteiger partial charge on any atom is 0.306 e. The zero-order chi connectivity index (χ0) is 17.0. The SMILES string of the molecule is O=C(O)C[C@@H]1CN(C(=O)CS(=O)(=O)c2ccc(Cl)cc2)CCO1. The minimum absolute atomic E-state index is 0.0191. The van der Waals surface area contributed by atoms with Gasteiger partial charge in [0, 0.05) is 18.1 Å². The van der Waals surface area contributed by atoms with Crippen LogP contribution in [0, 0.1) is 0 Å². The molecule has 2 rings (SSSR count). The Bertz CT molecular complexity index is 688. The van der Waals surface area contributed by atoms with Gasteiger partial charge in [-0.3, -0.25) is 9.59 Å². The van der Waals surface area contributed by atoms with E-state index < -0.39 is 33.6 Å². The maximum absolute atomic E-state index is 12.2.